The first-order chi connectivity index (χ1) is 11.0. The van der Waals surface area contributed by atoms with E-state index >= 15 is 0 Å². The second-order valence-corrected chi connectivity index (χ2v) is 5.02. The van der Waals surface area contributed by atoms with E-state index in [0.717, 1.165) is 23.3 Å². The lowest BCUT2D eigenvalue weighted by Gasteiger charge is -2.15. The molecule has 2 rings (SSSR count). The zero-order chi connectivity index (χ0) is 17.0. The van der Waals surface area contributed by atoms with Crippen LogP contribution in [0.2, 0.25) is 0 Å². The van der Waals surface area contributed by atoms with Crippen LogP contribution in [0, 0.1) is 6.92 Å². The topological polar surface area (TPSA) is 52.6 Å². The number of hydrogen-bond donors (Lipinski definition) is 0. The molecule has 0 radical (unpaired) electrons. The lowest BCUT2D eigenvalue weighted by atomic mass is 10.0. The molecule has 0 unspecified atom stereocenters. The molecule has 0 amide bonds. The average molecular weight is 310 g/mol. The van der Waals surface area contributed by atoms with Crippen molar-refractivity contribution in [2.24, 2.45) is 0 Å². The van der Waals surface area contributed by atoms with Crippen LogP contribution in [0.15, 0.2) is 49.6 Å². The summed E-state index contributed by atoms with van der Waals surface area (Å²) in [6, 6.07) is 7.35. The molecule has 2 aromatic rings. The van der Waals surface area contributed by atoms with E-state index in [1.165, 1.54) is 0 Å². The minimum absolute atomic E-state index is 0.420. The summed E-state index contributed by atoms with van der Waals surface area (Å²) in [4.78, 5) is 23.2. The predicted molar refractivity (Wildman–Crippen MR) is 89.7 cm³/mol. The van der Waals surface area contributed by atoms with E-state index in [0.29, 0.717) is 28.7 Å². The molecule has 0 aromatic heterocycles. The molecule has 4 nitrogen and oxygen atoms in total. The first kappa shape index (κ1) is 16.5. The summed E-state index contributed by atoms with van der Waals surface area (Å²) in [6.45, 7) is 10.7. The molecule has 2 aromatic carbocycles. The molecule has 0 spiro atoms. The van der Waals surface area contributed by atoms with Crippen molar-refractivity contribution in [1.29, 1.82) is 0 Å². The minimum Gasteiger partial charge on any atom is -0.423 e. The Morgan fingerprint density at radius 1 is 1.04 bits per heavy atom. The van der Waals surface area contributed by atoms with E-state index in [4.69, 9.17) is 9.47 Å². The third-order valence-electron chi connectivity index (χ3n) is 3.41. The van der Waals surface area contributed by atoms with E-state index < -0.39 is 11.9 Å². The van der Waals surface area contributed by atoms with Crippen molar-refractivity contribution < 1.29 is 19.1 Å². The van der Waals surface area contributed by atoms with Crippen LogP contribution >= 0.6 is 0 Å². The molecule has 0 saturated heterocycles. The second-order valence-electron chi connectivity index (χ2n) is 5.02. The molecule has 0 N–H and O–H groups in total. The van der Waals surface area contributed by atoms with E-state index in [1.807, 2.05) is 32.0 Å². The van der Waals surface area contributed by atoms with Gasteiger partial charge < -0.3 is 9.47 Å². The van der Waals surface area contributed by atoms with Crippen molar-refractivity contribution in [3.63, 3.8) is 0 Å². The number of esters is 2. The lowest BCUT2D eigenvalue weighted by molar-refractivity contribution is -0.130. The summed E-state index contributed by atoms with van der Waals surface area (Å²) in [5.41, 5.74) is 1.77. The molecule has 0 aliphatic heterocycles. The molecular formula is C19H18O4. The quantitative estimate of drug-likeness (QED) is 0.477. The maximum atomic E-state index is 11.6. The van der Waals surface area contributed by atoms with Crippen LogP contribution in [0.3, 0.4) is 0 Å². The first-order valence-corrected chi connectivity index (χ1v) is 7.24. The molecule has 4 heteroatoms. The van der Waals surface area contributed by atoms with E-state index in [2.05, 4.69) is 13.2 Å². The van der Waals surface area contributed by atoms with E-state index in [1.54, 1.807) is 6.07 Å². The number of carbonyl (C=O) groups excluding carboxylic acids is 2. The van der Waals surface area contributed by atoms with Crippen LogP contribution in [0.4, 0.5) is 0 Å². The highest BCUT2D eigenvalue weighted by Crippen LogP contribution is 2.38. The van der Waals surface area contributed by atoms with Crippen molar-refractivity contribution in [2.75, 3.05) is 0 Å². The molecule has 0 aliphatic carbocycles. The number of carbonyl (C=O) groups is 2. The standard InChI is InChI=1S/C19H18O4/c1-5-13-11-16(22-17(20)6-2)15-10-12(4)8-9-14(15)19(13)23-18(21)7-3/h6-11H,2-3,5H2,1,4H3. The Balaban J connectivity index is 2.73. The van der Waals surface area contributed by atoms with Gasteiger partial charge in [0.2, 0.25) is 0 Å². The Bertz CT molecular complexity index is 803. The van der Waals surface area contributed by atoms with Crippen molar-refractivity contribution in [1.82, 2.24) is 0 Å². The summed E-state index contributed by atoms with van der Waals surface area (Å²) < 4.78 is 10.8. The van der Waals surface area contributed by atoms with Gasteiger partial charge in [-0.25, -0.2) is 9.59 Å². The average Bonchev–Trinajstić information content (AvgIpc) is 2.56. The number of fused-ring (bicyclic) bond motifs is 1. The molecule has 0 bridgehead atoms. The Morgan fingerprint density at radius 2 is 1.70 bits per heavy atom. The van der Waals surface area contributed by atoms with Crippen LogP contribution in [0.5, 0.6) is 11.5 Å². The van der Waals surface area contributed by atoms with Crippen molar-refractivity contribution >= 4 is 22.7 Å². The van der Waals surface area contributed by atoms with Crippen LogP contribution in [-0.4, -0.2) is 11.9 Å². The third kappa shape index (κ3) is 3.48. The van der Waals surface area contributed by atoms with Gasteiger partial charge in [0.25, 0.3) is 0 Å². The highest BCUT2D eigenvalue weighted by molar-refractivity contribution is 5.99. The summed E-state index contributed by atoms with van der Waals surface area (Å²) >= 11 is 0. The lowest BCUT2D eigenvalue weighted by Crippen LogP contribution is -2.08. The fourth-order valence-corrected chi connectivity index (χ4v) is 2.29. The van der Waals surface area contributed by atoms with Gasteiger partial charge in [0.15, 0.2) is 0 Å². The SMILES string of the molecule is C=CC(=O)Oc1cc(CC)c(OC(=O)C=C)c2ccc(C)cc12. The highest BCUT2D eigenvalue weighted by atomic mass is 16.5. The molecule has 118 valence electrons. The van der Waals surface area contributed by atoms with Gasteiger partial charge >= 0.3 is 11.9 Å². The minimum atomic E-state index is -0.536. The second kappa shape index (κ2) is 6.92. The molecule has 0 saturated carbocycles. The first-order valence-electron chi connectivity index (χ1n) is 7.24. The van der Waals surface area contributed by atoms with Gasteiger partial charge in [0.1, 0.15) is 11.5 Å². The molecule has 0 atom stereocenters. The normalized spacial score (nSPS) is 10.2. The van der Waals surface area contributed by atoms with Crippen LogP contribution in [0.1, 0.15) is 18.1 Å². The van der Waals surface area contributed by atoms with Gasteiger partial charge in [-0.2, -0.15) is 0 Å². The number of rotatable bonds is 5. The van der Waals surface area contributed by atoms with Crippen LogP contribution in [-0.2, 0) is 16.0 Å². The molecule has 0 aliphatic rings. The van der Waals surface area contributed by atoms with Crippen LogP contribution in [0.25, 0.3) is 10.8 Å². The Kier molecular flexibility index (Phi) is 4.96. The zero-order valence-corrected chi connectivity index (χ0v) is 13.2. The number of benzene rings is 2. The molecule has 0 heterocycles. The van der Waals surface area contributed by atoms with E-state index in [9.17, 15) is 9.59 Å². The molecule has 0 fully saturated rings. The number of hydrogen-bond acceptors (Lipinski definition) is 4. The fourth-order valence-electron chi connectivity index (χ4n) is 2.29. The third-order valence-corrected chi connectivity index (χ3v) is 3.41. The van der Waals surface area contributed by atoms with Crippen LogP contribution < -0.4 is 9.47 Å². The summed E-state index contributed by atoms with van der Waals surface area (Å²) in [5.74, 6) is -0.183. The van der Waals surface area contributed by atoms with Crippen molar-refractivity contribution in [3.05, 3.63) is 60.7 Å². The van der Waals surface area contributed by atoms with Gasteiger partial charge in [0.05, 0.1) is 0 Å². The van der Waals surface area contributed by atoms with Gasteiger partial charge in [0, 0.05) is 22.9 Å². The monoisotopic (exact) mass is 310 g/mol. The number of ether oxygens (including phenoxy) is 2. The zero-order valence-electron chi connectivity index (χ0n) is 13.2. The summed E-state index contributed by atoms with van der Waals surface area (Å²) in [6.07, 6.45) is 2.84. The van der Waals surface area contributed by atoms with Crippen molar-refractivity contribution in [3.8, 4) is 11.5 Å². The maximum absolute atomic E-state index is 11.6. The van der Waals surface area contributed by atoms with Crippen molar-refractivity contribution in [2.45, 2.75) is 20.3 Å². The summed E-state index contributed by atoms with van der Waals surface area (Å²) in [5, 5.41) is 1.40. The van der Waals surface area contributed by atoms with Gasteiger partial charge in [-0.3, -0.25) is 0 Å². The molecule has 23 heavy (non-hydrogen) atoms. The van der Waals surface area contributed by atoms with Gasteiger partial charge in [-0.05, 0) is 31.0 Å². The van der Waals surface area contributed by atoms with Gasteiger partial charge in [-0.1, -0.05) is 37.8 Å². The summed E-state index contributed by atoms with van der Waals surface area (Å²) in [7, 11) is 0. The van der Waals surface area contributed by atoms with Gasteiger partial charge in [-0.15, -0.1) is 0 Å². The fraction of sp³-hybridized carbons (Fsp3) is 0.158. The van der Waals surface area contributed by atoms with E-state index in [-0.39, 0.29) is 0 Å². The highest BCUT2D eigenvalue weighted by Gasteiger charge is 2.17. The Labute approximate surface area is 135 Å². The largest absolute Gasteiger partial charge is 0.423 e. The smallest absolute Gasteiger partial charge is 0.335 e. The predicted octanol–water partition coefficient (Wildman–Crippen LogP) is 3.89. The Hall–Kier alpha value is -2.88. The molecular weight excluding hydrogens is 292 g/mol. The maximum Gasteiger partial charge on any atom is 0.335 e. The number of aryl methyl sites for hydroxylation is 2. The Morgan fingerprint density at radius 3 is 2.30 bits per heavy atom.